The molecule has 0 aliphatic carbocycles. The Morgan fingerprint density at radius 1 is 0.894 bits per heavy atom. The third-order valence-electron chi connectivity index (χ3n) is 7.15. The Balaban J connectivity index is 1.62. The third-order valence-corrected chi connectivity index (χ3v) is 7.15. The van der Waals surface area contributed by atoms with Gasteiger partial charge in [0, 0.05) is 29.9 Å². The second kappa shape index (κ2) is 14.8. The number of aryl methyl sites for hydroxylation is 3. The van der Waals surface area contributed by atoms with Gasteiger partial charge in [-0.25, -0.2) is 9.18 Å². The van der Waals surface area contributed by atoms with Crippen molar-refractivity contribution < 1.29 is 28.2 Å². The molecule has 0 aliphatic heterocycles. The molecule has 0 radical (unpaired) electrons. The number of amides is 1. The van der Waals surface area contributed by atoms with E-state index in [1.807, 2.05) is 76.5 Å². The van der Waals surface area contributed by atoms with Crippen molar-refractivity contribution in [3.8, 4) is 16.9 Å². The molecule has 9 heteroatoms. The lowest BCUT2D eigenvalue weighted by molar-refractivity contribution is -0.153. The normalized spacial score (nSPS) is 12.4. The number of halogens is 1. The van der Waals surface area contributed by atoms with Crippen LogP contribution in [-0.4, -0.2) is 33.0 Å². The topological polar surface area (TPSA) is 91.7 Å². The van der Waals surface area contributed by atoms with Gasteiger partial charge in [-0.15, -0.1) is 0 Å². The van der Waals surface area contributed by atoms with E-state index in [4.69, 9.17) is 14.2 Å². The zero-order valence-corrected chi connectivity index (χ0v) is 28.6. The smallest absolute Gasteiger partial charge is 0.408 e. The van der Waals surface area contributed by atoms with Gasteiger partial charge in [-0.05, 0) is 96.2 Å². The number of rotatable bonds is 11. The molecule has 1 aromatic heterocycles. The summed E-state index contributed by atoms with van der Waals surface area (Å²) in [7, 11) is 1.88. The lowest BCUT2D eigenvalue weighted by Gasteiger charge is -2.22. The van der Waals surface area contributed by atoms with Crippen LogP contribution in [0.4, 0.5) is 9.18 Å². The second-order valence-corrected chi connectivity index (χ2v) is 13.8. The van der Waals surface area contributed by atoms with Crippen LogP contribution in [0.15, 0.2) is 72.9 Å². The average molecular weight is 644 g/mol. The number of carbonyl (C=O) groups is 2. The lowest BCUT2D eigenvalue weighted by atomic mass is 9.94. The highest BCUT2D eigenvalue weighted by atomic mass is 19.1. The van der Waals surface area contributed by atoms with E-state index in [9.17, 15) is 9.59 Å². The van der Waals surface area contributed by atoms with Crippen LogP contribution in [0.2, 0.25) is 0 Å². The number of nitrogens with zero attached hydrogens (tertiary/aromatic N) is 2. The van der Waals surface area contributed by atoms with Crippen molar-refractivity contribution in [2.45, 2.75) is 91.6 Å². The molecule has 1 heterocycles. The predicted molar refractivity (Wildman–Crippen MR) is 181 cm³/mol. The first-order valence-corrected chi connectivity index (χ1v) is 15.9. The number of hydrogen-bond acceptors (Lipinski definition) is 6. The van der Waals surface area contributed by atoms with Gasteiger partial charge in [-0.1, -0.05) is 48.5 Å². The Labute approximate surface area is 277 Å². The average Bonchev–Trinajstić information content (AvgIpc) is 3.38. The van der Waals surface area contributed by atoms with Gasteiger partial charge in [0.1, 0.15) is 29.4 Å². The molecule has 0 bridgehead atoms. The first-order chi connectivity index (χ1) is 22.1. The van der Waals surface area contributed by atoms with Gasteiger partial charge >= 0.3 is 12.1 Å². The third kappa shape index (κ3) is 10.7. The summed E-state index contributed by atoms with van der Waals surface area (Å²) < 4.78 is 35.1. The predicted octanol–water partition coefficient (Wildman–Crippen LogP) is 8.06. The Morgan fingerprint density at radius 2 is 1.60 bits per heavy atom. The van der Waals surface area contributed by atoms with Crippen molar-refractivity contribution in [2.75, 3.05) is 0 Å². The van der Waals surface area contributed by atoms with Crippen molar-refractivity contribution in [1.29, 1.82) is 0 Å². The minimum Gasteiger partial charge on any atom is -0.489 e. The number of ether oxygens (including phenoxy) is 3. The Kier molecular flexibility index (Phi) is 11.1. The highest BCUT2D eigenvalue weighted by Gasteiger charge is 2.22. The summed E-state index contributed by atoms with van der Waals surface area (Å²) in [5, 5.41) is 7.24. The molecule has 3 aromatic carbocycles. The summed E-state index contributed by atoms with van der Waals surface area (Å²) >= 11 is 0. The van der Waals surface area contributed by atoms with Crippen molar-refractivity contribution >= 4 is 12.1 Å². The van der Waals surface area contributed by atoms with Gasteiger partial charge in [-0.2, -0.15) is 5.10 Å². The lowest BCUT2D eigenvalue weighted by Crippen LogP contribution is -2.34. The summed E-state index contributed by atoms with van der Waals surface area (Å²) in [4.78, 5) is 25.0. The molecule has 0 fully saturated rings. The van der Waals surface area contributed by atoms with Crippen LogP contribution < -0.4 is 10.1 Å². The quantitative estimate of drug-likeness (QED) is 0.166. The Bertz CT molecular complexity index is 1700. The molecule has 1 unspecified atom stereocenters. The van der Waals surface area contributed by atoms with Crippen LogP contribution in [0.3, 0.4) is 0 Å². The van der Waals surface area contributed by atoms with E-state index in [2.05, 4.69) is 16.5 Å². The number of carbonyl (C=O) groups excluding carboxylic acids is 2. The number of benzene rings is 3. The molecule has 4 rings (SSSR count). The highest BCUT2D eigenvalue weighted by Crippen LogP contribution is 2.31. The molecular weight excluding hydrogens is 597 g/mol. The number of aromatic nitrogens is 2. The highest BCUT2D eigenvalue weighted by molar-refractivity contribution is 5.74. The minimum atomic E-state index is -0.672. The fourth-order valence-corrected chi connectivity index (χ4v) is 5.17. The van der Waals surface area contributed by atoms with Gasteiger partial charge in [-0.3, -0.25) is 9.48 Å². The monoisotopic (exact) mass is 643 g/mol. The van der Waals surface area contributed by atoms with Crippen LogP contribution in [0.25, 0.3) is 11.1 Å². The van der Waals surface area contributed by atoms with E-state index >= 15 is 4.39 Å². The number of alkyl carbamates (subject to hydrolysis) is 1. The molecule has 0 saturated heterocycles. The molecule has 1 atom stereocenters. The zero-order chi connectivity index (χ0) is 34.4. The molecule has 0 aliphatic rings. The van der Waals surface area contributed by atoms with E-state index in [0.29, 0.717) is 35.3 Å². The van der Waals surface area contributed by atoms with Crippen LogP contribution in [0.5, 0.6) is 5.75 Å². The van der Waals surface area contributed by atoms with Crippen LogP contribution in [0.1, 0.15) is 82.5 Å². The van der Waals surface area contributed by atoms with Crippen LogP contribution in [0, 0.1) is 5.82 Å². The van der Waals surface area contributed by atoms with Gasteiger partial charge in [0.15, 0.2) is 0 Å². The van der Waals surface area contributed by atoms with Crippen molar-refractivity contribution in [3.05, 3.63) is 107 Å². The largest absolute Gasteiger partial charge is 0.489 e. The van der Waals surface area contributed by atoms with Crippen molar-refractivity contribution in [3.63, 3.8) is 0 Å². The first kappa shape index (κ1) is 35.2. The maximum absolute atomic E-state index is 16.2. The van der Waals surface area contributed by atoms with Gasteiger partial charge in [0.2, 0.25) is 0 Å². The molecule has 1 amide bonds. The van der Waals surface area contributed by atoms with Crippen molar-refractivity contribution in [1.82, 2.24) is 15.1 Å². The molecular formula is C38H46FN3O5. The fraction of sp³-hybridized carbons (Fsp3) is 0.395. The number of hydrogen-bond donors (Lipinski definition) is 1. The number of para-hydroxylation sites is 1. The van der Waals surface area contributed by atoms with E-state index < -0.39 is 29.2 Å². The maximum Gasteiger partial charge on any atom is 0.408 e. The van der Waals surface area contributed by atoms with Crippen LogP contribution in [-0.2, 0) is 47.2 Å². The molecule has 47 heavy (non-hydrogen) atoms. The molecule has 4 aromatic rings. The fourth-order valence-electron chi connectivity index (χ4n) is 5.17. The SMILES string of the molecule is CC(NC(=O)OC(C)(C)C)c1cccc(-c2cc(CCc3ccn(C)n3)cc(COc3ccccc3CC(=O)OC(C)(C)C)c2)c1F. The Morgan fingerprint density at radius 3 is 2.28 bits per heavy atom. The molecule has 250 valence electrons. The van der Waals surface area contributed by atoms with Crippen molar-refractivity contribution in [2.24, 2.45) is 7.05 Å². The summed E-state index contributed by atoms with van der Waals surface area (Å²) in [6.45, 7) is 12.8. The van der Waals surface area contributed by atoms with E-state index in [0.717, 1.165) is 22.4 Å². The standard InChI is InChI=1S/C38H46FN3O5/c1-25(40-36(44)47-38(5,6)7)31-13-11-14-32(35(31)39)29-21-26(16-17-30-18-19-42(8)41-30)20-27(22-29)24-45-33-15-10-9-12-28(33)23-34(43)46-37(2,3)4/h9-15,18-22,25H,16-17,23-24H2,1-8H3,(H,40,44). The van der Waals surface area contributed by atoms with Gasteiger partial charge in [0.25, 0.3) is 0 Å². The first-order valence-electron chi connectivity index (χ1n) is 15.9. The van der Waals surface area contributed by atoms with Gasteiger partial charge in [0.05, 0.1) is 18.2 Å². The van der Waals surface area contributed by atoms with Gasteiger partial charge < -0.3 is 19.5 Å². The minimum absolute atomic E-state index is 0.0797. The Hall–Kier alpha value is -4.66. The number of esters is 1. The van der Waals surface area contributed by atoms with E-state index in [1.165, 1.54) is 0 Å². The molecule has 1 N–H and O–H groups in total. The molecule has 0 spiro atoms. The summed E-state index contributed by atoms with van der Waals surface area (Å²) in [5.74, 6) is -0.181. The summed E-state index contributed by atoms with van der Waals surface area (Å²) in [6.07, 6.45) is 2.77. The second-order valence-electron chi connectivity index (χ2n) is 13.8. The van der Waals surface area contributed by atoms with E-state index in [-0.39, 0.29) is 19.0 Å². The van der Waals surface area contributed by atoms with Crippen LogP contribution >= 0.6 is 0 Å². The molecule has 0 saturated carbocycles. The summed E-state index contributed by atoms with van der Waals surface area (Å²) in [6, 6.07) is 19.9. The zero-order valence-electron chi connectivity index (χ0n) is 28.6. The maximum atomic E-state index is 16.2. The molecule has 8 nitrogen and oxygen atoms in total. The number of nitrogens with one attached hydrogen (secondary N) is 1. The summed E-state index contributed by atoms with van der Waals surface area (Å²) in [5.41, 5.74) is 3.71. The van der Waals surface area contributed by atoms with E-state index in [1.54, 1.807) is 50.6 Å².